The normalized spacial score (nSPS) is 11.5. The maximum Gasteiger partial charge on any atom is 0.217 e. The molecule has 0 saturated heterocycles. The molecule has 0 aliphatic carbocycles. The fraction of sp³-hybridized carbons (Fsp3) is 0.195. The number of phenols is 1. The van der Waals surface area contributed by atoms with E-state index in [2.05, 4.69) is 89.0 Å². The van der Waals surface area contributed by atoms with E-state index < -0.39 is 0 Å². The first kappa shape index (κ1) is 33.8. The predicted molar refractivity (Wildman–Crippen MR) is 186 cm³/mol. The third-order valence-corrected chi connectivity index (χ3v) is 7.91. The minimum absolute atomic E-state index is 0. The molecular formula is C41H38N3O2Pt-. The molecule has 47 heavy (non-hydrogen) atoms. The largest absolute Gasteiger partial charge is 0.507 e. The van der Waals surface area contributed by atoms with Crippen molar-refractivity contribution < 1.29 is 30.9 Å². The van der Waals surface area contributed by atoms with E-state index in [1.165, 1.54) is 11.1 Å². The van der Waals surface area contributed by atoms with Gasteiger partial charge in [0.05, 0.1) is 11.3 Å². The second-order valence-electron chi connectivity index (χ2n) is 13.6. The molecule has 240 valence electrons. The summed E-state index contributed by atoms with van der Waals surface area (Å²) < 4.78 is 6.21. The number of aromatic hydroxyl groups is 1. The monoisotopic (exact) mass is 799 g/mol. The number of phenolic OH excluding ortho intramolecular Hbond substituents is 1. The van der Waals surface area contributed by atoms with Crippen LogP contribution in [0.15, 0.2) is 115 Å². The van der Waals surface area contributed by atoms with Gasteiger partial charge in [0, 0.05) is 44.6 Å². The zero-order valence-electron chi connectivity index (χ0n) is 27.5. The summed E-state index contributed by atoms with van der Waals surface area (Å²) in [6, 6.07) is 39.1. The molecule has 0 amide bonds. The molecule has 0 unspecified atom stereocenters. The fourth-order valence-electron chi connectivity index (χ4n) is 5.21. The summed E-state index contributed by atoms with van der Waals surface area (Å²) in [5, 5.41) is 10.9. The molecule has 0 aliphatic heterocycles. The van der Waals surface area contributed by atoms with Gasteiger partial charge in [0.25, 0.3) is 0 Å². The topological polar surface area (TPSA) is 68.1 Å². The Balaban J connectivity index is 0.00000433. The van der Waals surface area contributed by atoms with Crippen molar-refractivity contribution in [2.75, 3.05) is 0 Å². The quantitative estimate of drug-likeness (QED) is 0.170. The van der Waals surface area contributed by atoms with Crippen molar-refractivity contribution in [2.24, 2.45) is 0 Å². The third-order valence-electron chi connectivity index (χ3n) is 7.91. The van der Waals surface area contributed by atoms with Crippen LogP contribution in [0.5, 0.6) is 17.4 Å². The minimum Gasteiger partial charge on any atom is -0.507 e. The maximum absolute atomic E-state index is 10.9. The van der Waals surface area contributed by atoms with E-state index in [4.69, 9.17) is 14.7 Å². The van der Waals surface area contributed by atoms with Crippen molar-refractivity contribution in [1.82, 2.24) is 15.0 Å². The van der Waals surface area contributed by atoms with Gasteiger partial charge >= 0.3 is 0 Å². The van der Waals surface area contributed by atoms with Crippen LogP contribution in [0.1, 0.15) is 52.7 Å². The zero-order valence-corrected chi connectivity index (χ0v) is 29.8. The Morgan fingerprint density at radius 2 is 1.26 bits per heavy atom. The van der Waals surface area contributed by atoms with Gasteiger partial charge in [0.2, 0.25) is 5.88 Å². The first-order chi connectivity index (χ1) is 21.9. The number of para-hydroxylation sites is 1. The van der Waals surface area contributed by atoms with Crippen LogP contribution in [0, 0.1) is 6.07 Å². The number of hydrogen-bond acceptors (Lipinski definition) is 5. The molecule has 0 saturated carbocycles. The molecule has 0 radical (unpaired) electrons. The van der Waals surface area contributed by atoms with Gasteiger partial charge in [-0.2, -0.15) is 0 Å². The van der Waals surface area contributed by atoms with Crippen LogP contribution < -0.4 is 4.74 Å². The fourth-order valence-corrected chi connectivity index (χ4v) is 5.21. The first-order valence-corrected chi connectivity index (χ1v) is 15.5. The molecule has 0 bridgehead atoms. The van der Waals surface area contributed by atoms with Crippen molar-refractivity contribution in [3.05, 3.63) is 133 Å². The van der Waals surface area contributed by atoms with Crippen LogP contribution in [-0.4, -0.2) is 20.1 Å². The van der Waals surface area contributed by atoms with Crippen molar-refractivity contribution in [1.29, 1.82) is 0 Å². The Bertz CT molecular complexity index is 1960. The van der Waals surface area contributed by atoms with Crippen LogP contribution in [0.4, 0.5) is 0 Å². The average molecular weight is 800 g/mol. The second-order valence-corrected chi connectivity index (χ2v) is 13.6. The Morgan fingerprint density at radius 3 is 1.89 bits per heavy atom. The summed E-state index contributed by atoms with van der Waals surface area (Å²) in [7, 11) is 0. The molecule has 1 N–H and O–H groups in total. The third kappa shape index (κ3) is 7.86. The van der Waals surface area contributed by atoms with Crippen molar-refractivity contribution in [2.45, 2.75) is 52.4 Å². The molecule has 0 spiro atoms. The standard InChI is InChI=1S/C41H38N3O2.Pt/c1-40(2,3)31-21-30(22-32(25-31)41(4,5)6)36-26-35(43-39(44-36)34-16-10-11-17-37(34)45)29-20-28(27-14-8-7-9-15-27)23-33(24-29)46-38-18-12-13-19-42-38;/h7-23,25-26,45H,1-6H3;/q-1;. The Kier molecular flexibility index (Phi) is 9.79. The van der Waals surface area contributed by atoms with Crippen LogP contribution in [0.3, 0.4) is 0 Å². The summed E-state index contributed by atoms with van der Waals surface area (Å²) >= 11 is 0. The Morgan fingerprint density at radius 1 is 0.617 bits per heavy atom. The van der Waals surface area contributed by atoms with E-state index in [0.717, 1.165) is 27.9 Å². The molecule has 6 heteroatoms. The molecular weight excluding hydrogens is 762 g/mol. The van der Waals surface area contributed by atoms with Crippen LogP contribution in [0.25, 0.3) is 45.0 Å². The molecule has 2 aromatic heterocycles. The molecule has 6 rings (SSSR count). The van der Waals surface area contributed by atoms with Crippen molar-refractivity contribution in [3.8, 4) is 62.4 Å². The molecule has 5 nitrogen and oxygen atoms in total. The minimum atomic E-state index is -0.0676. The molecule has 6 aromatic rings. The van der Waals surface area contributed by atoms with E-state index in [-0.39, 0.29) is 37.6 Å². The van der Waals surface area contributed by atoms with E-state index >= 15 is 0 Å². The number of pyridine rings is 1. The van der Waals surface area contributed by atoms with Crippen LogP contribution in [-0.2, 0) is 31.9 Å². The van der Waals surface area contributed by atoms with Gasteiger partial charge < -0.3 is 9.84 Å². The number of aromatic nitrogens is 3. The van der Waals surface area contributed by atoms with Gasteiger partial charge in [-0.05, 0) is 63.5 Å². The smallest absolute Gasteiger partial charge is 0.217 e. The average Bonchev–Trinajstić information content (AvgIpc) is 3.04. The van der Waals surface area contributed by atoms with E-state index in [9.17, 15) is 5.11 Å². The van der Waals surface area contributed by atoms with Gasteiger partial charge in [0.1, 0.15) is 5.75 Å². The van der Waals surface area contributed by atoms with Gasteiger partial charge in [-0.3, -0.25) is 4.98 Å². The van der Waals surface area contributed by atoms with Gasteiger partial charge in [-0.15, -0.1) is 11.6 Å². The maximum atomic E-state index is 10.9. The summed E-state index contributed by atoms with van der Waals surface area (Å²) in [5.41, 5.74) is 7.99. The zero-order chi connectivity index (χ0) is 32.5. The SMILES string of the molecule is CC(C)(C)c1cc(-c2cc(-c3[c-]c(Oc4ccccn4)cc(-c4ccccc4)c3)nc(-c3ccccc3O)n2)cc(C(C)(C)C)c1.[Pt]. The van der Waals surface area contributed by atoms with Crippen molar-refractivity contribution >= 4 is 0 Å². The van der Waals surface area contributed by atoms with E-state index in [0.29, 0.717) is 28.7 Å². The van der Waals surface area contributed by atoms with Crippen molar-refractivity contribution in [3.63, 3.8) is 0 Å². The van der Waals surface area contributed by atoms with Crippen LogP contribution in [0.2, 0.25) is 0 Å². The number of benzene rings is 4. The Labute approximate surface area is 292 Å². The number of hydrogen-bond donors (Lipinski definition) is 1. The summed E-state index contributed by atoms with van der Waals surface area (Å²) in [6.07, 6.45) is 1.70. The Hall–Kier alpha value is -4.60. The first-order valence-electron chi connectivity index (χ1n) is 15.5. The molecule has 0 aliphatic rings. The predicted octanol–water partition coefficient (Wildman–Crippen LogP) is 10.4. The summed E-state index contributed by atoms with van der Waals surface area (Å²) in [6.45, 7) is 13.4. The van der Waals surface area contributed by atoms with Crippen LogP contribution >= 0.6 is 0 Å². The summed E-state index contributed by atoms with van der Waals surface area (Å²) in [5.74, 6) is 1.53. The van der Waals surface area contributed by atoms with E-state index in [1.807, 2.05) is 60.7 Å². The molecule has 0 atom stereocenters. The van der Waals surface area contributed by atoms with Gasteiger partial charge in [0.15, 0.2) is 5.82 Å². The molecule has 2 heterocycles. The van der Waals surface area contributed by atoms with Gasteiger partial charge in [-0.1, -0.05) is 120 Å². The molecule has 4 aromatic carbocycles. The summed E-state index contributed by atoms with van der Waals surface area (Å²) in [4.78, 5) is 14.4. The second kappa shape index (κ2) is 13.6. The number of nitrogens with zero attached hydrogens (tertiary/aromatic N) is 3. The molecule has 0 fully saturated rings. The van der Waals surface area contributed by atoms with Gasteiger partial charge in [-0.25, -0.2) is 9.97 Å². The number of rotatable bonds is 6. The van der Waals surface area contributed by atoms with E-state index in [1.54, 1.807) is 18.3 Å². The number of ether oxygens (including phenoxy) is 1.